The number of aromatic nitrogens is 1. The maximum absolute atomic E-state index is 14.3. The van der Waals surface area contributed by atoms with E-state index < -0.39 is 5.91 Å². The van der Waals surface area contributed by atoms with Gasteiger partial charge in [-0.25, -0.2) is 4.39 Å². The quantitative estimate of drug-likeness (QED) is 0.417. The Kier molecular flexibility index (Phi) is 6.16. The van der Waals surface area contributed by atoms with Crippen LogP contribution in [0.5, 0.6) is 0 Å². The number of carbonyl (C=O) groups is 2. The van der Waals surface area contributed by atoms with Crippen LogP contribution in [0, 0.1) is 11.2 Å². The highest BCUT2D eigenvalue weighted by atomic mass is 19.1. The average Bonchev–Trinajstić information content (AvgIpc) is 3.17. The van der Waals surface area contributed by atoms with Crippen LogP contribution in [0.3, 0.4) is 0 Å². The van der Waals surface area contributed by atoms with Gasteiger partial charge >= 0.3 is 0 Å². The van der Waals surface area contributed by atoms with Gasteiger partial charge in [0.05, 0.1) is 11.1 Å². The van der Waals surface area contributed by atoms with Crippen LogP contribution in [0.1, 0.15) is 86.1 Å². The number of hydrogen-bond acceptors (Lipinski definition) is 3. The predicted molar refractivity (Wildman–Crippen MR) is 138 cm³/mol. The number of anilines is 1. The maximum Gasteiger partial charge on any atom is 0.250 e. The molecule has 3 aromatic rings. The van der Waals surface area contributed by atoms with Gasteiger partial charge in [-0.3, -0.25) is 14.2 Å². The van der Waals surface area contributed by atoms with Gasteiger partial charge < -0.3 is 11.1 Å². The van der Waals surface area contributed by atoms with Crippen LogP contribution < -0.4 is 11.1 Å². The second-order valence-corrected chi connectivity index (χ2v) is 10.4. The normalized spacial score (nSPS) is 18.0. The lowest BCUT2D eigenvalue weighted by molar-refractivity contribution is 0.0769. The minimum absolute atomic E-state index is 0.0195. The molecule has 0 bridgehead atoms. The van der Waals surface area contributed by atoms with Gasteiger partial charge in [-0.15, -0.1) is 0 Å². The Morgan fingerprint density at radius 3 is 2.51 bits per heavy atom. The molecule has 2 heterocycles. The second-order valence-electron chi connectivity index (χ2n) is 10.4. The summed E-state index contributed by atoms with van der Waals surface area (Å²) in [5.41, 5.74) is 10.2. The minimum atomic E-state index is -0.466. The molecular formula is C29H34FN3O2. The van der Waals surface area contributed by atoms with Crippen LogP contribution in [0.25, 0.3) is 22.0 Å². The Hall–Kier alpha value is -3.15. The van der Waals surface area contributed by atoms with E-state index in [-0.39, 0.29) is 17.1 Å². The molecule has 1 saturated carbocycles. The third-order valence-corrected chi connectivity index (χ3v) is 8.39. The molecule has 2 aromatic carbocycles. The maximum atomic E-state index is 14.3. The fraction of sp³-hybridized carbons (Fsp3) is 0.448. The number of halogens is 1. The van der Waals surface area contributed by atoms with Crippen LogP contribution in [-0.2, 0) is 6.42 Å². The molecule has 2 aliphatic rings. The van der Waals surface area contributed by atoms with Gasteiger partial charge in [0.1, 0.15) is 5.82 Å². The molecular weight excluding hydrogens is 441 g/mol. The van der Waals surface area contributed by atoms with E-state index in [2.05, 4.69) is 19.2 Å². The molecule has 1 aliphatic heterocycles. The molecule has 3 N–H and O–H groups in total. The lowest BCUT2D eigenvalue weighted by atomic mass is 9.72. The minimum Gasteiger partial charge on any atom is -0.382 e. The lowest BCUT2D eigenvalue weighted by Crippen LogP contribution is -2.35. The molecule has 1 amide bonds. The first-order valence-electron chi connectivity index (χ1n) is 12.9. The number of carbonyl (C=O) groups excluding carboxylic acids is 2. The van der Waals surface area contributed by atoms with E-state index in [0.29, 0.717) is 23.5 Å². The summed E-state index contributed by atoms with van der Waals surface area (Å²) in [4.78, 5) is 25.7. The molecule has 1 aliphatic carbocycles. The number of nitrogens with zero attached hydrogens (tertiary/aromatic N) is 1. The van der Waals surface area contributed by atoms with E-state index in [1.54, 1.807) is 16.7 Å². The number of rotatable bonds is 6. The fourth-order valence-corrected chi connectivity index (χ4v) is 6.16. The number of hydrogen-bond donors (Lipinski definition) is 2. The second kappa shape index (κ2) is 9.14. The molecule has 5 rings (SSSR count). The summed E-state index contributed by atoms with van der Waals surface area (Å²) in [7, 11) is 0. The van der Waals surface area contributed by atoms with Crippen molar-refractivity contribution >= 4 is 28.4 Å². The van der Waals surface area contributed by atoms with E-state index >= 15 is 0 Å². The third-order valence-electron chi connectivity index (χ3n) is 8.39. The average molecular weight is 476 g/mol. The van der Waals surface area contributed by atoms with Crippen LogP contribution >= 0.6 is 0 Å². The fourth-order valence-electron chi connectivity index (χ4n) is 6.16. The summed E-state index contributed by atoms with van der Waals surface area (Å²) in [6.45, 7) is 4.28. The zero-order chi connectivity index (χ0) is 24.7. The van der Waals surface area contributed by atoms with Crippen molar-refractivity contribution in [1.29, 1.82) is 0 Å². The molecule has 1 fully saturated rings. The summed E-state index contributed by atoms with van der Waals surface area (Å²) in [5, 5.41) is 4.44. The van der Waals surface area contributed by atoms with Crippen LogP contribution in [0.15, 0.2) is 36.4 Å². The first kappa shape index (κ1) is 23.6. The molecule has 184 valence electrons. The van der Waals surface area contributed by atoms with Crippen molar-refractivity contribution in [3.05, 3.63) is 53.5 Å². The van der Waals surface area contributed by atoms with Crippen LogP contribution in [0.2, 0.25) is 0 Å². The standard InChI is InChI=1S/C29H34FN3O2/c1-3-29(4-2)16-25-27(22-13-11-19(30)15-24(22)33(25)26(34)17-29)18-10-12-21(28(31)35)23(14-18)32-20-8-6-5-7-9-20/h10-15,20,32H,3-9,16-17H2,1-2H3,(H2,31,35). The highest BCUT2D eigenvalue weighted by Crippen LogP contribution is 2.46. The zero-order valence-electron chi connectivity index (χ0n) is 20.6. The van der Waals surface area contributed by atoms with E-state index in [1.807, 2.05) is 12.1 Å². The molecule has 0 spiro atoms. The molecule has 0 saturated heterocycles. The van der Waals surface area contributed by atoms with Gasteiger partial charge in [0.25, 0.3) is 5.91 Å². The number of nitrogens with two attached hydrogens (primary N) is 1. The van der Waals surface area contributed by atoms with Gasteiger partial charge in [-0.1, -0.05) is 39.2 Å². The highest BCUT2D eigenvalue weighted by molar-refractivity contribution is 6.06. The molecule has 1 aromatic heterocycles. The van der Waals surface area contributed by atoms with Crippen molar-refractivity contribution in [3.8, 4) is 11.1 Å². The first-order valence-corrected chi connectivity index (χ1v) is 12.9. The molecule has 35 heavy (non-hydrogen) atoms. The van der Waals surface area contributed by atoms with E-state index in [0.717, 1.165) is 60.0 Å². The van der Waals surface area contributed by atoms with Crippen molar-refractivity contribution in [1.82, 2.24) is 4.57 Å². The summed E-state index contributed by atoms with van der Waals surface area (Å²) >= 11 is 0. The Labute approximate surface area is 205 Å². The number of amides is 1. The van der Waals surface area contributed by atoms with Crippen molar-refractivity contribution in [2.45, 2.75) is 77.7 Å². The van der Waals surface area contributed by atoms with E-state index in [1.165, 1.54) is 31.4 Å². The van der Waals surface area contributed by atoms with Crippen molar-refractivity contribution in [2.24, 2.45) is 11.1 Å². The zero-order valence-corrected chi connectivity index (χ0v) is 20.6. The molecule has 0 radical (unpaired) electrons. The van der Waals surface area contributed by atoms with Gasteiger partial charge in [-0.05, 0) is 73.4 Å². The number of fused-ring (bicyclic) bond motifs is 3. The Morgan fingerprint density at radius 2 is 1.83 bits per heavy atom. The number of benzene rings is 2. The highest BCUT2D eigenvalue weighted by Gasteiger charge is 2.39. The molecule has 0 unspecified atom stereocenters. The van der Waals surface area contributed by atoms with Gasteiger partial charge in [0.15, 0.2) is 0 Å². The van der Waals surface area contributed by atoms with E-state index in [4.69, 9.17) is 5.73 Å². The summed E-state index contributed by atoms with van der Waals surface area (Å²) < 4.78 is 16.0. The summed E-state index contributed by atoms with van der Waals surface area (Å²) in [6, 6.07) is 10.7. The first-order chi connectivity index (χ1) is 16.9. The van der Waals surface area contributed by atoms with Gasteiger partial charge in [-0.2, -0.15) is 0 Å². The summed E-state index contributed by atoms with van der Waals surface area (Å²) in [5.74, 6) is -0.804. The SMILES string of the molecule is CCC1(CC)CC(=O)n2c(c(-c3ccc(C(N)=O)c(NC4CCCCC4)c3)c3ccc(F)cc32)C1. The molecule has 6 heteroatoms. The Morgan fingerprint density at radius 1 is 1.09 bits per heavy atom. The number of nitrogens with one attached hydrogen (secondary N) is 1. The van der Waals surface area contributed by atoms with Crippen molar-refractivity contribution in [2.75, 3.05) is 5.32 Å². The van der Waals surface area contributed by atoms with Crippen molar-refractivity contribution in [3.63, 3.8) is 0 Å². The smallest absolute Gasteiger partial charge is 0.250 e. The lowest BCUT2D eigenvalue weighted by Gasteiger charge is -2.36. The largest absolute Gasteiger partial charge is 0.382 e. The monoisotopic (exact) mass is 475 g/mol. The molecule has 5 nitrogen and oxygen atoms in total. The van der Waals surface area contributed by atoms with E-state index in [9.17, 15) is 14.0 Å². The van der Waals surface area contributed by atoms with Gasteiger partial charge in [0, 0.05) is 34.8 Å². The van der Waals surface area contributed by atoms with Gasteiger partial charge in [0.2, 0.25) is 5.91 Å². The molecule has 0 atom stereocenters. The van der Waals surface area contributed by atoms with Crippen molar-refractivity contribution < 1.29 is 14.0 Å². The predicted octanol–water partition coefficient (Wildman–Crippen LogP) is 6.68. The van der Waals surface area contributed by atoms with Crippen LogP contribution in [0.4, 0.5) is 10.1 Å². The summed E-state index contributed by atoms with van der Waals surface area (Å²) in [6.07, 6.45) is 8.73. The Bertz CT molecular complexity index is 1300. The number of primary amides is 1. The Balaban J connectivity index is 1.70. The topological polar surface area (TPSA) is 77.1 Å². The third kappa shape index (κ3) is 4.13. The van der Waals surface area contributed by atoms with Crippen LogP contribution in [-0.4, -0.2) is 22.4 Å².